The van der Waals surface area contributed by atoms with Crippen LogP contribution in [0.15, 0.2) is 54.0 Å². The van der Waals surface area contributed by atoms with E-state index in [1.165, 1.54) is 11.3 Å². The highest BCUT2D eigenvalue weighted by atomic mass is 32.1. The first-order chi connectivity index (χ1) is 10.8. The third-order valence-corrected chi connectivity index (χ3v) is 3.85. The van der Waals surface area contributed by atoms with Crippen LogP contribution < -0.4 is 10.1 Å². The van der Waals surface area contributed by atoms with Gasteiger partial charge in [0.25, 0.3) is 5.91 Å². The summed E-state index contributed by atoms with van der Waals surface area (Å²) in [6.07, 6.45) is 1.54. The summed E-state index contributed by atoms with van der Waals surface area (Å²) in [5.74, 6) is 0.239. The predicted molar refractivity (Wildman–Crippen MR) is 86.3 cm³/mol. The second-order valence-electron chi connectivity index (χ2n) is 4.45. The zero-order valence-corrected chi connectivity index (χ0v) is 12.6. The molecule has 110 valence electrons. The van der Waals surface area contributed by atoms with Crippen molar-refractivity contribution in [3.8, 4) is 16.5 Å². The van der Waals surface area contributed by atoms with Crippen molar-refractivity contribution < 1.29 is 9.53 Å². The van der Waals surface area contributed by atoms with Gasteiger partial charge in [0.1, 0.15) is 10.7 Å². The van der Waals surface area contributed by atoms with Gasteiger partial charge in [0, 0.05) is 17.0 Å². The first kappa shape index (κ1) is 14.2. The normalized spacial score (nSPS) is 10.2. The van der Waals surface area contributed by atoms with Gasteiger partial charge < -0.3 is 10.1 Å². The maximum atomic E-state index is 12.2. The molecule has 3 aromatic rings. The summed E-state index contributed by atoms with van der Waals surface area (Å²) in [7, 11) is 1.54. The minimum absolute atomic E-state index is 0.259. The van der Waals surface area contributed by atoms with Crippen molar-refractivity contribution in [1.29, 1.82) is 0 Å². The number of anilines is 1. The molecular weight excluding hydrogens is 298 g/mol. The summed E-state index contributed by atoms with van der Waals surface area (Å²) in [5, 5.41) is 5.32. The molecule has 1 amide bonds. The third-order valence-electron chi connectivity index (χ3n) is 2.96. The SMILES string of the molecule is COc1ccc(NC(=O)c2csc(-c3ccccc3)n2)cn1. The second kappa shape index (κ2) is 6.36. The number of thiazole rings is 1. The van der Waals surface area contributed by atoms with Crippen LogP contribution in [0.25, 0.3) is 10.6 Å². The average Bonchev–Trinajstić information content (AvgIpc) is 3.06. The van der Waals surface area contributed by atoms with E-state index < -0.39 is 0 Å². The molecule has 0 saturated carbocycles. The molecule has 2 aromatic heterocycles. The second-order valence-corrected chi connectivity index (χ2v) is 5.31. The number of amides is 1. The molecule has 3 rings (SSSR count). The van der Waals surface area contributed by atoms with Gasteiger partial charge in [0.15, 0.2) is 0 Å². The van der Waals surface area contributed by atoms with E-state index in [9.17, 15) is 4.79 Å². The summed E-state index contributed by atoms with van der Waals surface area (Å²) in [6.45, 7) is 0. The van der Waals surface area contributed by atoms with E-state index >= 15 is 0 Å². The number of hydrogen-bond acceptors (Lipinski definition) is 5. The van der Waals surface area contributed by atoms with Crippen molar-refractivity contribution in [1.82, 2.24) is 9.97 Å². The summed E-state index contributed by atoms with van der Waals surface area (Å²) in [6, 6.07) is 13.2. The van der Waals surface area contributed by atoms with Crippen LogP contribution in [-0.4, -0.2) is 23.0 Å². The number of nitrogens with one attached hydrogen (secondary N) is 1. The third kappa shape index (κ3) is 3.12. The van der Waals surface area contributed by atoms with E-state index in [1.807, 2.05) is 30.3 Å². The molecule has 22 heavy (non-hydrogen) atoms. The summed E-state index contributed by atoms with van der Waals surface area (Å²) in [5.41, 5.74) is 1.98. The molecule has 1 aromatic carbocycles. The van der Waals surface area contributed by atoms with Gasteiger partial charge in [-0.1, -0.05) is 30.3 Å². The summed E-state index contributed by atoms with van der Waals surface area (Å²) in [4.78, 5) is 20.6. The van der Waals surface area contributed by atoms with Gasteiger partial charge >= 0.3 is 0 Å². The number of ether oxygens (including phenoxy) is 1. The number of carbonyl (C=O) groups excluding carboxylic acids is 1. The van der Waals surface area contributed by atoms with Crippen LogP contribution in [0.4, 0.5) is 5.69 Å². The minimum Gasteiger partial charge on any atom is -0.481 e. The fourth-order valence-corrected chi connectivity index (χ4v) is 2.67. The van der Waals surface area contributed by atoms with E-state index in [4.69, 9.17) is 4.74 Å². The lowest BCUT2D eigenvalue weighted by atomic mass is 10.2. The molecule has 1 N–H and O–H groups in total. The number of methoxy groups -OCH3 is 1. The monoisotopic (exact) mass is 311 g/mol. The van der Waals surface area contributed by atoms with Gasteiger partial charge in [-0.3, -0.25) is 4.79 Å². The Morgan fingerprint density at radius 3 is 2.68 bits per heavy atom. The highest BCUT2D eigenvalue weighted by molar-refractivity contribution is 7.13. The molecule has 5 nitrogen and oxygen atoms in total. The van der Waals surface area contributed by atoms with Crippen LogP contribution >= 0.6 is 11.3 Å². The maximum absolute atomic E-state index is 12.2. The molecule has 0 unspecified atom stereocenters. The highest BCUT2D eigenvalue weighted by Crippen LogP contribution is 2.23. The van der Waals surface area contributed by atoms with Crippen molar-refractivity contribution in [3.63, 3.8) is 0 Å². The fraction of sp³-hybridized carbons (Fsp3) is 0.0625. The quantitative estimate of drug-likeness (QED) is 0.801. The molecule has 6 heteroatoms. The van der Waals surface area contributed by atoms with Crippen molar-refractivity contribution in [3.05, 3.63) is 59.7 Å². The highest BCUT2D eigenvalue weighted by Gasteiger charge is 2.12. The minimum atomic E-state index is -0.259. The molecule has 0 aliphatic rings. The smallest absolute Gasteiger partial charge is 0.275 e. The van der Waals surface area contributed by atoms with Crippen LogP contribution in [0.5, 0.6) is 5.88 Å². The molecule has 0 fully saturated rings. The van der Waals surface area contributed by atoms with Crippen molar-refractivity contribution in [2.24, 2.45) is 0 Å². The van der Waals surface area contributed by atoms with Crippen molar-refractivity contribution >= 4 is 22.9 Å². The van der Waals surface area contributed by atoms with Crippen LogP contribution in [-0.2, 0) is 0 Å². The van der Waals surface area contributed by atoms with Gasteiger partial charge in [-0.25, -0.2) is 9.97 Å². The Labute approximate surface area is 131 Å². The number of nitrogens with zero attached hydrogens (tertiary/aromatic N) is 2. The van der Waals surface area contributed by atoms with Gasteiger partial charge in [-0.2, -0.15) is 0 Å². The number of hydrogen-bond donors (Lipinski definition) is 1. The molecule has 0 atom stereocenters. The van der Waals surface area contributed by atoms with Crippen molar-refractivity contribution in [2.45, 2.75) is 0 Å². The number of carbonyl (C=O) groups is 1. The van der Waals surface area contributed by atoms with E-state index in [1.54, 1.807) is 30.8 Å². The largest absolute Gasteiger partial charge is 0.481 e. The topological polar surface area (TPSA) is 64.1 Å². The number of aromatic nitrogens is 2. The molecule has 0 radical (unpaired) electrons. The first-order valence-electron chi connectivity index (χ1n) is 6.58. The standard InChI is InChI=1S/C16H13N3O2S/c1-21-14-8-7-12(9-17-14)18-15(20)13-10-22-16(19-13)11-5-3-2-4-6-11/h2-10H,1H3,(H,18,20). The van der Waals surface area contributed by atoms with Crippen LogP contribution in [0.3, 0.4) is 0 Å². The molecule has 2 heterocycles. The van der Waals surface area contributed by atoms with E-state index in [0.29, 0.717) is 17.3 Å². The van der Waals surface area contributed by atoms with Crippen LogP contribution in [0.2, 0.25) is 0 Å². The van der Waals surface area contributed by atoms with Gasteiger partial charge in [0.05, 0.1) is 19.0 Å². The lowest BCUT2D eigenvalue weighted by Gasteiger charge is -2.03. The number of benzene rings is 1. The maximum Gasteiger partial charge on any atom is 0.275 e. The van der Waals surface area contributed by atoms with Gasteiger partial charge in [0.2, 0.25) is 5.88 Å². The summed E-state index contributed by atoms with van der Waals surface area (Å²) < 4.78 is 4.98. The fourth-order valence-electron chi connectivity index (χ4n) is 1.86. The zero-order chi connectivity index (χ0) is 15.4. The van der Waals surface area contributed by atoms with Crippen LogP contribution in [0.1, 0.15) is 10.5 Å². The molecule has 0 saturated heterocycles. The molecule has 0 bridgehead atoms. The Balaban J connectivity index is 1.74. The number of pyridine rings is 1. The zero-order valence-electron chi connectivity index (χ0n) is 11.8. The Bertz CT molecular complexity index is 770. The molecule has 0 spiro atoms. The molecule has 0 aliphatic carbocycles. The van der Waals surface area contributed by atoms with Gasteiger partial charge in [-0.05, 0) is 6.07 Å². The Morgan fingerprint density at radius 2 is 2.00 bits per heavy atom. The average molecular weight is 311 g/mol. The first-order valence-corrected chi connectivity index (χ1v) is 7.46. The van der Waals surface area contributed by atoms with E-state index in [2.05, 4.69) is 15.3 Å². The Kier molecular flexibility index (Phi) is 4.11. The summed E-state index contributed by atoms with van der Waals surface area (Å²) >= 11 is 1.44. The van der Waals surface area contributed by atoms with E-state index in [-0.39, 0.29) is 5.91 Å². The van der Waals surface area contributed by atoms with Gasteiger partial charge in [-0.15, -0.1) is 11.3 Å². The predicted octanol–water partition coefficient (Wildman–Crippen LogP) is 3.47. The van der Waals surface area contributed by atoms with Crippen LogP contribution in [0, 0.1) is 0 Å². The lowest BCUT2D eigenvalue weighted by molar-refractivity contribution is 0.102. The van der Waals surface area contributed by atoms with Crippen molar-refractivity contribution in [2.75, 3.05) is 12.4 Å². The Hall–Kier alpha value is -2.73. The Morgan fingerprint density at radius 1 is 1.18 bits per heavy atom. The molecular formula is C16H13N3O2S. The lowest BCUT2D eigenvalue weighted by Crippen LogP contribution is -2.12. The van der Waals surface area contributed by atoms with E-state index in [0.717, 1.165) is 10.6 Å². The number of rotatable bonds is 4. The molecule has 0 aliphatic heterocycles.